The van der Waals surface area contributed by atoms with Gasteiger partial charge >= 0.3 is 19.4 Å². The number of para-hydroxylation sites is 1. The van der Waals surface area contributed by atoms with Gasteiger partial charge in [0.05, 0.1) is 6.10 Å². The molecule has 0 radical (unpaired) electrons. The summed E-state index contributed by atoms with van der Waals surface area (Å²) in [5.74, 6) is -1.28. The monoisotopic (exact) mass is 524 g/mol. The fraction of sp³-hybridized carbons (Fsp3) is 0.429. The minimum Gasteiger partial charge on any atom is -0.480 e. The van der Waals surface area contributed by atoms with E-state index >= 15 is 0 Å². The molecule has 2 aromatic rings. The van der Waals surface area contributed by atoms with E-state index in [1.165, 1.54) is 26.0 Å². The van der Waals surface area contributed by atoms with Gasteiger partial charge in [0.1, 0.15) is 30.1 Å². The second-order valence-corrected chi connectivity index (χ2v) is 9.96. The third kappa shape index (κ3) is 4.98. The SMILES string of the molecule is C[C@H](NP(=O)(Oc1ccccc1)O[C@H](C)[C@@H]1O[C@](C#N)(n2ccc(=O)[nH]c2=O)[C@](C)(O)[C@@H]1O)C(=O)O. The zero-order chi connectivity index (χ0) is 26.9. The Hall–Kier alpha value is -3.31. The zero-order valence-corrected chi connectivity index (χ0v) is 20.3. The van der Waals surface area contributed by atoms with Crippen molar-refractivity contribution in [2.75, 3.05) is 0 Å². The first-order chi connectivity index (χ1) is 16.8. The van der Waals surface area contributed by atoms with E-state index in [1.54, 1.807) is 24.3 Å². The van der Waals surface area contributed by atoms with Crippen LogP contribution in [0.4, 0.5) is 0 Å². The molecule has 7 atom stereocenters. The predicted molar refractivity (Wildman–Crippen MR) is 122 cm³/mol. The topological polar surface area (TPSA) is 213 Å². The molecular weight excluding hydrogens is 499 g/mol. The molecule has 1 unspecified atom stereocenters. The summed E-state index contributed by atoms with van der Waals surface area (Å²) in [5.41, 5.74) is -6.82. The molecule has 0 aliphatic carbocycles. The number of nitriles is 1. The van der Waals surface area contributed by atoms with Gasteiger partial charge in [-0.05, 0) is 32.9 Å². The van der Waals surface area contributed by atoms with Crippen LogP contribution in [0.3, 0.4) is 0 Å². The molecule has 1 aliphatic rings. The van der Waals surface area contributed by atoms with Crippen molar-refractivity contribution in [2.24, 2.45) is 0 Å². The molecule has 0 spiro atoms. The second-order valence-electron chi connectivity index (χ2n) is 8.31. The van der Waals surface area contributed by atoms with Gasteiger partial charge in [0.2, 0.25) is 0 Å². The van der Waals surface area contributed by atoms with E-state index in [-0.39, 0.29) is 5.75 Å². The van der Waals surface area contributed by atoms with E-state index < -0.39 is 60.6 Å². The number of ether oxygens (including phenoxy) is 1. The number of rotatable bonds is 9. The number of aliphatic hydroxyl groups excluding tert-OH is 1. The minimum absolute atomic E-state index is 0.0733. The van der Waals surface area contributed by atoms with Crippen molar-refractivity contribution in [3.63, 3.8) is 0 Å². The lowest BCUT2D eigenvalue weighted by atomic mass is 9.87. The number of nitrogens with zero attached hydrogens (tertiary/aromatic N) is 2. The molecule has 14 nitrogen and oxygen atoms in total. The first-order valence-corrected chi connectivity index (χ1v) is 12.2. The summed E-state index contributed by atoms with van der Waals surface area (Å²) in [5, 5.41) is 43.4. The maximum absolute atomic E-state index is 13.5. The smallest absolute Gasteiger partial charge is 0.459 e. The Labute approximate surface area is 204 Å². The highest BCUT2D eigenvalue weighted by atomic mass is 31.2. The van der Waals surface area contributed by atoms with Crippen LogP contribution in [0.1, 0.15) is 20.8 Å². The normalized spacial score (nSPS) is 29.0. The zero-order valence-electron chi connectivity index (χ0n) is 19.4. The molecule has 1 aromatic heterocycles. The molecule has 5 N–H and O–H groups in total. The molecule has 2 heterocycles. The summed E-state index contributed by atoms with van der Waals surface area (Å²) < 4.78 is 30.8. The van der Waals surface area contributed by atoms with E-state index in [2.05, 4.69) is 5.09 Å². The van der Waals surface area contributed by atoms with Crippen molar-refractivity contribution in [3.8, 4) is 11.8 Å². The van der Waals surface area contributed by atoms with E-state index in [0.29, 0.717) is 4.57 Å². The lowest BCUT2D eigenvalue weighted by Crippen LogP contribution is -2.58. The quantitative estimate of drug-likeness (QED) is 0.272. The highest BCUT2D eigenvalue weighted by Crippen LogP contribution is 2.50. The molecule has 1 fully saturated rings. The number of carboxylic acids is 1. The third-order valence-corrected chi connectivity index (χ3v) is 7.42. The van der Waals surface area contributed by atoms with Gasteiger partial charge in [-0.15, -0.1) is 0 Å². The largest absolute Gasteiger partial charge is 0.480 e. The standard InChI is InChI=1S/C21H25N4O10P/c1-12(18(28)29)24-36(32,35-14-7-5-4-6-8-14)34-13(2)16-17(27)20(3,31)21(11-22,33-16)25-10-9-15(26)23-19(25)30/h4-10,12-13,16-17,27,31H,1-3H3,(H,24,32)(H,28,29)(H,23,26,30)/t12-,13+,16-,17+,20+,21-,36?/m0/s1. The van der Waals surface area contributed by atoms with E-state index in [0.717, 1.165) is 19.2 Å². The molecule has 36 heavy (non-hydrogen) atoms. The number of carbonyl (C=O) groups is 1. The number of carboxylic acid groups (broad SMARTS) is 1. The van der Waals surface area contributed by atoms with Crippen LogP contribution in [0.25, 0.3) is 0 Å². The van der Waals surface area contributed by atoms with Crippen LogP contribution in [0.15, 0.2) is 52.2 Å². The van der Waals surface area contributed by atoms with Crippen LogP contribution in [-0.4, -0.2) is 60.8 Å². The fourth-order valence-corrected chi connectivity index (χ4v) is 5.38. The molecular formula is C21H25N4O10P. The lowest BCUT2D eigenvalue weighted by Gasteiger charge is -2.34. The number of aliphatic hydroxyl groups is 2. The highest BCUT2D eigenvalue weighted by molar-refractivity contribution is 7.52. The summed E-state index contributed by atoms with van der Waals surface area (Å²) >= 11 is 0. The average Bonchev–Trinajstić information content (AvgIpc) is 3.00. The molecule has 0 saturated carbocycles. The van der Waals surface area contributed by atoms with Crippen molar-refractivity contribution >= 4 is 13.7 Å². The maximum atomic E-state index is 13.5. The van der Waals surface area contributed by atoms with Crippen molar-refractivity contribution in [1.29, 1.82) is 5.26 Å². The molecule has 1 aromatic carbocycles. The number of aromatic amines is 1. The van der Waals surface area contributed by atoms with Gasteiger partial charge in [-0.2, -0.15) is 10.3 Å². The molecule has 194 valence electrons. The first-order valence-electron chi connectivity index (χ1n) is 10.6. The van der Waals surface area contributed by atoms with Crippen molar-refractivity contribution in [1.82, 2.24) is 14.6 Å². The molecule has 0 bridgehead atoms. The highest BCUT2D eigenvalue weighted by Gasteiger charge is 2.66. The van der Waals surface area contributed by atoms with E-state index in [1.807, 2.05) is 4.98 Å². The Kier molecular flexibility index (Phi) is 7.56. The first kappa shape index (κ1) is 27.3. The summed E-state index contributed by atoms with van der Waals surface area (Å²) in [4.78, 5) is 37.2. The average molecular weight is 524 g/mol. The van der Waals surface area contributed by atoms with Crippen LogP contribution in [0.5, 0.6) is 5.75 Å². The number of hydrogen-bond donors (Lipinski definition) is 5. The van der Waals surface area contributed by atoms with Gasteiger partial charge in [0, 0.05) is 12.3 Å². The molecule has 1 aliphatic heterocycles. The molecule has 15 heteroatoms. The number of aliphatic carboxylic acids is 1. The Morgan fingerprint density at radius 2 is 1.94 bits per heavy atom. The second kappa shape index (κ2) is 9.98. The van der Waals surface area contributed by atoms with Gasteiger partial charge in [0.25, 0.3) is 11.3 Å². The van der Waals surface area contributed by atoms with Crippen molar-refractivity contribution in [2.45, 2.75) is 56.5 Å². The summed E-state index contributed by atoms with van der Waals surface area (Å²) in [7, 11) is -4.47. The molecule has 1 saturated heterocycles. The number of benzene rings is 1. The number of aromatic nitrogens is 2. The van der Waals surface area contributed by atoms with Crippen LogP contribution in [-0.2, 0) is 24.3 Å². The lowest BCUT2D eigenvalue weighted by molar-refractivity contribution is -0.155. The van der Waals surface area contributed by atoms with Gasteiger partial charge in [0.15, 0.2) is 5.60 Å². The van der Waals surface area contributed by atoms with Crippen molar-refractivity contribution in [3.05, 3.63) is 63.4 Å². The van der Waals surface area contributed by atoms with Gasteiger partial charge in [-0.3, -0.25) is 23.7 Å². The fourth-order valence-electron chi connectivity index (χ4n) is 3.68. The summed E-state index contributed by atoms with van der Waals surface area (Å²) in [6.45, 7) is 3.52. The predicted octanol–water partition coefficient (Wildman–Crippen LogP) is -0.121. The number of H-pyrrole nitrogens is 1. The maximum Gasteiger partial charge on any atom is 0.459 e. The Morgan fingerprint density at radius 3 is 2.50 bits per heavy atom. The Balaban J connectivity index is 1.97. The van der Waals surface area contributed by atoms with Crippen LogP contribution < -0.4 is 20.9 Å². The third-order valence-electron chi connectivity index (χ3n) is 5.65. The Morgan fingerprint density at radius 1 is 1.31 bits per heavy atom. The number of nitrogens with one attached hydrogen (secondary N) is 2. The van der Waals surface area contributed by atoms with E-state index in [9.17, 15) is 39.5 Å². The van der Waals surface area contributed by atoms with Crippen LogP contribution >= 0.6 is 7.75 Å². The minimum atomic E-state index is -4.47. The van der Waals surface area contributed by atoms with Gasteiger partial charge in [-0.1, -0.05) is 18.2 Å². The number of hydrogen-bond acceptors (Lipinski definition) is 10. The van der Waals surface area contributed by atoms with Gasteiger partial charge < -0.3 is 24.6 Å². The van der Waals surface area contributed by atoms with Crippen LogP contribution in [0.2, 0.25) is 0 Å². The van der Waals surface area contributed by atoms with Gasteiger partial charge in [-0.25, -0.2) is 9.36 Å². The van der Waals surface area contributed by atoms with Crippen molar-refractivity contribution < 1.29 is 38.5 Å². The molecule has 0 amide bonds. The van der Waals surface area contributed by atoms with E-state index in [4.69, 9.17) is 13.8 Å². The molecule has 3 rings (SSSR count). The Bertz CT molecular complexity index is 1320. The van der Waals surface area contributed by atoms with Crippen LogP contribution in [0, 0.1) is 11.3 Å². The summed E-state index contributed by atoms with van der Waals surface area (Å²) in [6.07, 6.45) is -3.94. The summed E-state index contributed by atoms with van der Waals surface area (Å²) in [6, 6.07) is 8.91.